The molecule has 2 aromatic carbocycles. The van der Waals surface area contributed by atoms with Gasteiger partial charge in [-0.15, -0.1) is 0 Å². The third kappa shape index (κ3) is 2.91. The summed E-state index contributed by atoms with van der Waals surface area (Å²) >= 11 is 0. The van der Waals surface area contributed by atoms with Crippen LogP contribution in [0.4, 0.5) is 4.39 Å². The minimum atomic E-state index is -1.88. The molecule has 1 saturated heterocycles. The first-order valence-corrected chi connectivity index (χ1v) is 8.88. The molecule has 1 aliphatic heterocycles. The Morgan fingerprint density at radius 2 is 1.69 bits per heavy atom. The molecule has 4 atom stereocenters. The molecule has 0 amide bonds. The lowest BCUT2D eigenvalue weighted by molar-refractivity contribution is -0.0327. The Morgan fingerprint density at radius 1 is 1.10 bits per heavy atom. The maximum Gasteiger partial charge on any atom is 0.339 e. The van der Waals surface area contributed by atoms with Crippen LogP contribution in [0.3, 0.4) is 0 Å². The van der Waals surface area contributed by atoms with E-state index in [0.717, 1.165) is 0 Å². The van der Waals surface area contributed by atoms with Crippen LogP contribution in [0.25, 0.3) is 10.4 Å². The van der Waals surface area contributed by atoms with E-state index in [0.29, 0.717) is 0 Å². The summed E-state index contributed by atoms with van der Waals surface area (Å²) in [7, 11) is 0. The third-order valence-corrected chi connectivity index (χ3v) is 5.22. The molecule has 0 N–H and O–H groups in total. The molecule has 0 bridgehead atoms. The highest BCUT2D eigenvalue weighted by Gasteiger charge is 2.91. The van der Waals surface area contributed by atoms with E-state index in [4.69, 9.17) is 19.7 Å². The number of azide groups is 1. The average Bonchev–Trinajstić information content (AvgIpc) is 3.18. The number of rotatable bonds is 6. The monoisotopic (exact) mass is 397 g/mol. The minimum absolute atomic E-state index is 0.207. The van der Waals surface area contributed by atoms with E-state index in [2.05, 4.69) is 10.0 Å². The number of hydrogen-bond donors (Lipinski definition) is 0. The molecule has 0 radical (unpaired) electrons. The molecule has 0 aromatic heterocycles. The van der Waals surface area contributed by atoms with Crippen molar-refractivity contribution in [3.8, 4) is 0 Å². The number of carbonyl (C=O) groups is 2. The van der Waals surface area contributed by atoms with Gasteiger partial charge >= 0.3 is 11.9 Å². The zero-order chi connectivity index (χ0) is 20.5. The number of hydrogen-bond acceptors (Lipinski definition) is 6. The number of benzene rings is 2. The molecular formula is C20H16FN3O5. The summed E-state index contributed by atoms with van der Waals surface area (Å²) in [5.41, 5.74) is 5.72. The van der Waals surface area contributed by atoms with Crippen molar-refractivity contribution in [2.75, 3.05) is 13.2 Å². The molecular weight excluding hydrogens is 381 g/mol. The van der Waals surface area contributed by atoms with Gasteiger partial charge in [-0.1, -0.05) is 41.5 Å². The van der Waals surface area contributed by atoms with Crippen molar-refractivity contribution in [2.45, 2.75) is 23.5 Å². The summed E-state index contributed by atoms with van der Waals surface area (Å²) in [6, 6.07) is 16.1. The van der Waals surface area contributed by atoms with Crippen molar-refractivity contribution in [1.29, 1.82) is 0 Å². The Kier molecular flexibility index (Phi) is 4.70. The quantitative estimate of drug-likeness (QED) is 0.322. The molecule has 9 heteroatoms. The van der Waals surface area contributed by atoms with Gasteiger partial charge in [0.2, 0.25) is 5.60 Å². The molecule has 29 heavy (non-hydrogen) atoms. The van der Waals surface area contributed by atoms with Crippen molar-refractivity contribution in [2.24, 2.45) is 5.11 Å². The molecule has 1 saturated carbocycles. The largest absolute Gasteiger partial charge is 0.451 e. The number of ether oxygens (including phenoxy) is 3. The van der Waals surface area contributed by atoms with Gasteiger partial charge in [0.1, 0.15) is 0 Å². The van der Waals surface area contributed by atoms with Gasteiger partial charge < -0.3 is 14.2 Å². The number of fused-ring (bicyclic) bond motifs is 1. The number of alkyl halides is 1. The Labute approximate surface area is 164 Å². The molecule has 4 rings (SSSR count). The van der Waals surface area contributed by atoms with Crippen LogP contribution in [0.15, 0.2) is 65.8 Å². The fourth-order valence-electron chi connectivity index (χ4n) is 3.74. The average molecular weight is 397 g/mol. The van der Waals surface area contributed by atoms with E-state index in [1.165, 1.54) is 24.3 Å². The summed E-state index contributed by atoms with van der Waals surface area (Å²) in [4.78, 5) is 27.8. The molecule has 2 aliphatic rings. The van der Waals surface area contributed by atoms with E-state index in [1.54, 1.807) is 36.4 Å². The number of halogens is 1. The van der Waals surface area contributed by atoms with Gasteiger partial charge in [0, 0.05) is 4.91 Å². The van der Waals surface area contributed by atoms with Gasteiger partial charge in [0.15, 0.2) is 17.9 Å². The third-order valence-electron chi connectivity index (χ3n) is 5.22. The number of nitrogens with zero attached hydrogens (tertiary/aromatic N) is 3. The number of carbonyl (C=O) groups excluding carboxylic acids is 2. The fraction of sp³-hybridized carbons (Fsp3) is 0.300. The van der Waals surface area contributed by atoms with Crippen LogP contribution in [0, 0.1) is 0 Å². The SMILES string of the molecule is [N-]=[N+]=NC[C@]12OC[C@H](F)[C@@]1(OC(=O)c1ccccc1)C2OC(=O)c1ccccc1. The summed E-state index contributed by atoms with van der Waals surface area (Å²) in [6.07, 6.45) is -3.00. The van der Waals surface area contributed by atoms with Crippen LogP contribution in [-0.4, -0.2) is 48.6 Å². The molecule has 148 valence electrons. The lowest BCUT2D eigenvalue weighted by Crippen LogP contribution is -2.37. The van der Waals surface area contributed by atoms with E-state index in [9.17, 15) is 14.0 Å². The van der Waals surface area contributed by atoms with E-state index in [1.807, 2.05) is 0 Å². The maximum atomic E-state index is 14.9. The lowest BCUT2D eigenvalue weighted by Gasteiger charge is -2.18. The minimum Gasteiger partial charge on any atom is -0.451 e. The molecule has 2 fully saturated rings. The molecule has 8 nitrogen and oxygen atoms in total. The first-order chi connectivity index (χ1) is 14.0. The van der Waals surface area contributed by atoms with Gasteiger partial charge in [-0.2, -0.15) is 0 Å². The van der Waals surface area contributed by atoms with E-state index >= 15 is 0 Å². The smallest absolute Gasteiger partial charge is 0.339 e. The topological polar surface area (TPSA) is 111 Å². The lowest BCUT2D eigenvalue weighted by atomic mass is 10.1. The van der Waals surface area contributed by atoms with Crippen LogP contribution in [0.1, 0.15) is 20.7 Å². The Balaban J connectivity index is 1.64. The first kappa shape index (κ1) is 18.9. The Hall–Kier alpha value is -3.42. The van der Waals surface area contributed by atoms with Gasteiger partial charge in [0.25, 0.3) is 0 Å². The second-order valence-electron chi connectivity index (χ2n) is 6.76. The predicted molar refractivity (Wildman–Crippen MR) is 97.8 cm³/mol. The van der Waals surface area contributed by atoms with Crippen LogP contribution >= 0.6 is 0 Å². The van der Waals surface area contributed by atoms with Crippen molar-refractivity contribution < 1.29 is 28.2 Å². The van der Waals surface area contributed by atoms with Crippen molar-refractivity contribution in [3.63, 3.8) is 0 Å². The molecule has 1 aliphatic carbocycles. The Bertz CT molecular complexity index is 982. The van der Waals surface area contributed by atoms with Crippen LogP contribution < -0.4 is 0 Å². The van der Waals surface area contributed by atoms with Gasteiger partial charge in [-0.05, 0) is 29.8 Å². The van der Waals surface area contributed by atoms with Crippen molar-refractivity contribution in [1.82, 2.24) is 0 Å². The van der Waals surface area contributed by atoms with Gasteiger partial charge in [-0.25, -0.2) is 14.0 Å². The summed E-state index contributed by atoms with van der Waals surface area (Å²) < 4.78 is 31.4. The highest BCUT2D eigenvalue weighted by Crippen LogP contribution is 2.63. The first-order valence-electron chi connectivity index (χ1n) is 8.88. The van der Waals surface area contributed by atoms with Crippen LogP contribution in [0.2, 0.25) is 0 Å². The summed E-state index contributed by atoms with van der Waals surface area (Å²) in [6.45, 7) is -0.721. The maximum absolute atomic E-state index is 14.9. The summed E-state index contributed by atoms with van der Waals surface area (Å²) in [5, 5.41) is 3.46. The molecule has 0 spiro atoms. The van der Waals surface area contributed by atoms with Gasteiger partial charge in [0.05, 0.1) is 24.3 Å². The number of esters is 2. The Morgan fingerprint density at radius 3 is 2.28 bits per heavy atom. The standard InChI is InChI=1S/C20H16FN3O5/c21-15-11-27-19(12-23-24-22)18(28-16(25)13-7-3-1-4-8-13)20(15,19)29-17(26)14-9-5-2-6-10-14/h1-10,15,18H,11-12H2/t15-,18?,19+,20+/m0/s1. The van der Waals surface area contributed by atoms with Crippen LogP contribution in [-0.2, 0) is 14.2 Å². The fourth-order valence-corrected chi connectivity index (χ4v) is 3.74. The highest BCUT2D eigenvalue weighted by molar-refractivity contribution is 5.91. The van der Waals surface area contributed by atoms with E-state index in [-0.39, 0.29) is 24.3 Å². The zero-order valence-electron chi connectivity index (χ0n) is 15.1. The van der Waals surface area contributed by atoms with Crippen LogP contribution in [0.5, 0.6) is 0 Å². The second-order valence-corrected chi connectivity index (χ2v) is 6.76. The normalized spacial score (nSPS) is 29.3. The zero-order valence-corrected chi connectivity index (χ0v) is 15.1. The van der Waals surface area contributed by atoms with Crippen molar-refractivity contribution in [3.05, 3.63) is 82.2 Å². The summed E-state index contributed by atoms with van der Waals surface area (Å²) in [5.74, 6) is -1.52. The van der Waals surface area contributed by atoms with Gasteiger partial charge in [-0.3, -0.25) is 0 Å². The second kappa shape index (κ2) is 7.20. The molecule has 1 unspecified atom stereocenters. The highest BCUT2D eigenvalue weighted by atomic mass is 19.1. The molecule has 1 heterocycles. The predicted octanol–water partition coefficient (Wildman–Crippen LogP) is 3.24. The van der Waals surface area contributed by atoms with E-state index < -0.39 is 35.4 Å². The molecule has 2 aromatic rings. The van der Waals surface area contributed by atoms with Crippen molar-refractivity contribution >= 4 is 11.9 Å².